The van der Waals surface area contributed by atoms with E-state index in [1.165, 1.54) is 30.3 Å². The van der Waals surface area contributed by atoms with E-state index in [2.05, 4.69) is 5.32 Å². The summed E-state index contributed by atoms with van der Waals surface area (Å²) < 4.78 is 36.3. The highest BCUT2D eigenvalue weighted by atomic mass is 32.2. The average Bonchev–Trinajstić information content (AvgIpc) is 2.86. The molecule has 0 spiro atoms. The number of primary amides is 1. The molecule has 0 saturated carbocycles. The molecule has 188 valence electrons. The molecular weight excluding hydrogens is 486 g/mol. The first-order valence-corrected chi connectivity index (χ1v) is 12.4. The molecule has 0 fully saturated rings. The van der Waals surface area contributed by atoms with Gasteiger partial charge in [-0.25, -0.2) is 13.2 Å². The Morgan fingerprint density at radius 1 is 1.06 bits per heavy atom. The third kappa shape index (κ3) is 6.68. The fourth-order valence-electron chi connectivity index (χ4n) is 3.29. The van der Waals surface area contributed by atoms with Gasteiger partial charge < -0.3 is 15.2 Å². The van der Waals surface area contributed by atoms with Crippen molar-refractivity contribution in [3.63, 3.8) is 0 Å². The third-order valence-corrected chi connectivity index (χ3v) is 7.06. The highest BCUT2D eigenvalue weighted by molar-refractivity contribution is 7.94. The van der Waals surface area contributed by atoms with Crippen molar-refractivity contribution >= 4 is 27.7 Å². The number of hydrogen-bond acceptors (Lipinski definition) is 8. The predicted molar refractivity (Wildman–Crippen MR) is 136 cm³/mol. The van der Waals surface area contributed by atoms with E-state index < -0.39 is 26.1 Å². The number of nitrogens with one attached hydrogen (secondary N) is 1. The van der Waals surface area contributed by atoms with Gasteiger partial charge in [0.2, 0.25) is 0 Å². The summed E-state index contributed by atoms with van der Waals surface area (Å²) >= 11 is 0. The monoisotopic (exact) mass is 511 g/mol. The maximum Gasteiger partial charge on any atom is 0.410 e. The van der Waals surface area contributed by atoms with E-state index in [1.54, 1.807) is 56.4 Å². The Morgan fingerprint density at radius 2 is 1.67 bits per heavy atom. The molecule has 0 heterocycles. The zero-order valence-corrected chi connectivity index (χ0v) is 20.4. The van der Waals surface area contributed by atoms with Crippen molar-refractivity contribution in [2.45, 2.75) is 12.2 Å². The fourth-order valence-corrected chi connectivity index (χ4v) is 4.41. The van der Waals surface area contributed by atoms with Crippen molar-refractivity contribution < 1.29 is 27.6 Å². The van der Waals surface area contributed by atoms with Crippen molar-refractivity contribution in [1.29, 1.82) is 0 Å². The van der Waals surface area contributed by atoms with Crippen LogP contribution in [0.2, 0.25) is 0 Å². The summed E-state index contributed by atoms with van der Waals surface area (Å²) in [7, 11) is -2.01. The number of nitrogens with two attached hydrogens (primary N) is 1. The number of ether oxygens (including phenoxy) is 2. The largest absolute Gasteiger partial charge is 0.474 e. The van der Waals surface area contributed by atoms with Crippen LogP contribution < -0.4 is 20.5 Å². The van der Waals surface area contributed by atoms with Gasteiger partial charge in [-0.05, 0) is 66.6 Å². The van der Waals surface area contributed by atoms with E-state index >= 15 is 0 Å². The quantitative estimate of drug-likeness (QED) is 0.231. The Hall–Kier alpha value is -4.22. The molecule has 3 aromatic rings. The second-order valence-electron chi connectivity index (χ2n) is 7.73. The Labute approximate surface area is 208 Å². The van der Waals surface area contributed by atoms with Crippen LogP contribution in [0.15, 0.2) is 72.1 Å². The van der Waals surface area contributed by atoms with E-state index in [0.717, 1.165) is 16.5 Å². The molecule has 3 N–H and O–H groups in total. The minimum absolute atomic E-state index is 0.00220. The molecule has 1 unspecified atom stereocenters. The Kier molecular flexibility index (Phi) is 8.41. The van der Waals surface area contributed by atoms with Gasteiger partial charge in [0.15, 0.2) is 21.3 Å². The highest BCUT2D eigenvalue weighted by Crippen LogP contribution is 2.31. The number of rotatable bonds is 10. The maximum atomic E-state index is 13.0. The molecule has 10 nitrogen and oxygen atoms in total. The standard InChI is InChI=1S/C25H25N3O7S/c1-17(19-4-6-20(7-5-19)21-8-10-22(11-9-21)28(30)31)36(32,33)14-13-18-3-12-23(35-25(26)29)24(15-18)34-16-27-2/h3-15,17,27H,16H2,1-2H3,(H2,26,29)/b14-13+. The molecule has 0 radical (unpaired) electrons. The van der Waals surface area contributed by atoms with E-state index in [1.807, 2.05) is 0 Å². The van der Waals surface area contributed by atoms with Gasteiger partial charge in [-0.3, -0.25) is 15.4 Å². The van der Waals surface area contributed by atoms with Gasteiger partial charge in [0.25, 0.3) is 5.69 Å². The van der Waals surface area contributed by atoms with E-state index in [9.17, 15) is 23.3 Å². The number of carbonyl (C=O) groups excluding carboxylic acids is 1. The summed E-state index contributed by atoms with van der Waals surface area (Å²) in [6, 6.07) is 17.7. The first-order chi connectivity index (χ1) is 17.1. The van der Waals surface area contributed by atoms with Crippen molar-refractivity contribution in [3.8, 4) is 22.6 Å². The Balaban J connectivity index is 1.77. The molecule has 3 aromatic carbocycles. The molecule has 0 aliphatic rings. The number of nitro benzene ring substituents is 1. The van der Waals surface area contributed by atoms with Crippen LogP contribution in [-0.2, 0) is 9.84 Å². The number of non-ortho nitro benzene ring substituents is 1. The van der Waals surface area contributed by atoms with Crippen molar-refractivity contribution in [1.82, 2.24) is 5.32 Å². The minimum Gasteiger partial charge on any atom is -0.474 e. The SMILES string of the molecule is CNCOc1cc(/C=C/S(=O)(=O)C(C)c2ccc(-c3ccc([N+](=O)[O-])cc3)cc2)ccc1OC(N)=O. The molecule has 0 saturated heterocycles. The number of amides is 1. The topological polar surface area (TPSA) is 151 Å². The minimum atomic E-state index is -3.68. The number of nitro groups is 1. The lowest BCUT2D eigenvalue weighted by atomic mass is 10.0. The maximum absolute atomic E-state index is 13.0. The molecule has 1 amide bonds. The summed E-state index contributed by atoms with van der Waals surface area (Å²) in [5, 5.41) is 13.9. The molecular formula is C25H25N3O7S. The van der Waals surface area contributed by atoms with Crippen LogP contribution in [0.4, 0.5) is 10.5 Å². The molecule has 0 bridgehead atoms. The number of nitrogens with zero attached hydrogens (tertiary/aromatic N) is 1. The normalized spacial score (nSPS) is 12.3. The van der Waals surface area contributed by atoms with Crippen LogP contribution in [0.5, 0.6) is 11.5 Å². The van der Waals surface area contributed by atoms with Crippen LogP contribution >= 0.6 is 0 Å². The summed E-state index contributed by atoms with van der Waals surface area (Å²) in [6.45, 7) is 1.72. The Morgan fingerprint density at radius 3 is 2.22 bits per heavy atom. The molecule has 0 aliphatic carbocycles. The summed E-state index contributed by atoms with van der Waals surface area (Å²) in [4.78, 5) is 21.5. The van der Waals surface area contributed by atoms with E-state index in [4.69, 9.17) is 15.2 Å². The van der Waals surface area contributed by atoms with Crippen LogP contribution in [0.25, 0.3) is 17.2 Å². The number of carbonyl (C=O) groups is 1. The smallest absolute Gasteiger partial charge is 0.410 e. The van der Waals surface area contributed by atoms with Gasteiger partial charge in [-0.2, -0.15) is 0 Å². The van der Waals surface area contributed by atoms with E-state index in [-0.39, 0.29) is 23.9 Å². The fraction of sp³-hybridized carbons (Fsp3) is 0.160. The summed E-state index contributed by atoms with van der Waals surface area (Å²) in [5.74, 6) is 0.330. The third-order valence-electron chi connectivity index (χ3n) is 5.28. The number of benzene rings is 3. The molecule has 36 heavy (non-hydrogen) atoms. The van der Waals surface area contributed by atoms with Crippen LogP contribution in [0, 0.1) is 10.1 Å². The van der Waals surface area contributed by atoms with Crippen molar-refractivity contribution in [2.24, 2.45) is 5.73 Å². The predicted octanol–water partition coefficient (Wildman–Crippen LogP) is 4.42. The lowest BCUT2D eigenvalue weighted by molar-refractivity contribution is -0.384. The van der Waals surface area contributed by atoms with Crippen molar-refractivity contribution in [2.75, 3.05) is 13.8 Å². The number of sulfone groups is 1. The lowest BCUT2D eigenvalue weighted by Gasteiger charge is -2.12. The van der Waals surface area contributed by atoms with Gasteiger partial charge >= 0.3 is 6.09 Å². The van der Waals surface area contributed by atoms with Gasteiger partial charge in [-0.1, -0.05) is 30.3 Å². The van der Waals surface area contributed by atoms with Crippen LogP contribution in [0.1, 0.15) is 23.3 Å². The van der Waals surface area contributed by atoms with Gasteiger partial charge in [0, 0.05) is 17.5 Å². The first kappa shape index (κ1) is 26.4. The molecule has 11 heteroatoms. The molecule has 0 aliphatic heterocycles. The first-order valence-electron chi connectivity index (χ1n) is 10.8. The second kappa shape index (κ2) is 11.5. The van der Waals surface area contributed by atoms with Gasteiger partial charge in [-0.15, -0.1) is 0 Å². The number of hydrogen-bond donors (Lipinski definition) is 2. The van der Waals surface area contributed by atoms with E-state index in [0.29, 0.717) is 11.1 Å². The average molecular weight is 512 g/mol. The zero-order valence-electron chi connectivity index (χ0n) is 19.6. The van der Waals surface area contributed by atoms with Crippen LogP contribution in [-0.4, -0.2) is 33.2 Å². The zero-order chi connectivity index (χ0) is 26.3. The molecule has 1 atom stereocenters. The lowest BCUT2D eigenvalue weighted by Crippen LogP contribution is -2.18. The van der Waals surface area contributed by atoms with Gasteiger partial charge in [0.05, 0.1) is 10.2 Å². The molecule has 0 aromatic heterocycles. The van der Waals surface area contributed by atoms with Gasteiger partial charge in [0.1, 0.15) is 6.73 Å². The van der Waals surface area contributed by atoms with Crippen molar-refractivity contribution in [3.05, 3.63) is 93.4 Å². The summed E-state index contributed by atoms with van der Waals surface area (Å²) in [6.07, 6.45) is 0.431. The second-order valence-corrected chi connectivity index (χ2v) is 9.89. The van der Waals surface area contributed by atoms with Crippen LogP contribution in [0.3, 0.4) is 0 Å². The Bertz CT molecular complexity index is 1370. The molecule has 3 rings (SSSR count). The summed E-state index contributed by atoms with van der Waals surface area (Å²) in [5.41, 5.74) is 7.77. The highest BCUT2D eigenvalue weighted by Gasteiger charge is 2.20.